The molecule has 2 fully saturated rings. The summed E-state index contributed by atoms with van der Waals surface area (Å²) in [5, 5.41) is 9.61. The lowest BCUT2D eigenvalue weighted by Crippen LogP contribution is -2.59. The lowest BCUT2D eigenvalue weighted by molar-refractivity contribution is 0.00489. The molecular formula is C22H37N3O2. The molecule has 5 nitrogen and oxygen atoms in total. The molecular weight excluding hydrogens is 338 g/mol. The van der Waals surface area contributed by atoms with Gasteiger partial charge in [-0.1, -0.05) is 5.57 Å². The highest BCUT2D eigenvalue weighted by molar-refractivity contribution is 5.46. The van der Waals surface area contributed by atoms with E-state index < -0.39 is 0 Å². The lowest BCUT2D eigenvalue weighted by atomic mass is 9.97. The first-order chi connectivity index (χ1) is 13.1. The van der Waals surface area contributed by atoms with Crippen LogP contribution in [0.3, 0.4) is 0 Å². The molecule has 3 heterocycles. The zero-order valence-electron chi connectivity index (χ0n) is 17.3. The molecule has 1 aromatic heterocycles. The number of nitrogens with zero attached hydrogens (tertiary/aromatic N) is 3. The maximum Gasteiger partial charge on any atom is 0.126 e. The zero-order valence-corrected chi connectivity index (χ0v) is 17.3. The molecule has 0 amide bonds. The monoisotopic (exact) mass is 375 g/mol. The third-order valence-corrected chi connectivity index (χ3v) is 6.18. The van der Waals surface area contributed by atoms with Crippen molar-refractivity contribution in [3.63, 3.8) is 0 Å². The minimum absolute atomic E-state index is 0.279. The Morgan fingerprint density at radius 3 is 2.67 bits per heavy atom. The Balaban J connectivity index is 1.55. The van der Waals surface area contributed by atoms with E-state index in [9.17, 15) is 5.11 Å². The van der Waals surface area contributed by atoms with Crippen LogP contribution in [0.25, 0.3) is 6.08 Å². The number of hydrogen-bond donors (Lipinski definition) is 1. The van der Waals surface area contributed by atoms with Crippen molar-refractivity contribution in [2.24, 2.45) is 0 Å². The fourth-order valence-corrected chi connectivity index (χ4v) is 4.71. The Hall–Kier alpha value is -1.14. The number of furan rings is 1. The van der Waals surface area contributed by atoms with Gasteiger partial charge in [0, 0.05) is 50.9 Å². The van der Waals surface area contributed by atoms with Gasteiger partial charge in [0.2, 0.25) is 0 Å². The second-order valence-electron chi connectivity index (χ2n) is 8.51. The van der Waals surface area contributed by atoms with Crippen LogP contribution in [-0.2, 0) is 0 Å². The molecule has 1 atom stereocenters. The minimum atomic E-state index is 0.279. The van der Waals surface area contributed by atoms with Crippen molar-refractivity contribution in [1.29, 1.82) is 0 Å². The molecule has 0 saturated carbocycles. The highest BCUT2D eigenvalue weighted by Crippen LogP contribution is 2.24. The Morgan fingerprint density at radius 1 is 1.26 bits per heavy atom. The Bertz CT molecular complexity index is 576. The van der Waals surface area contributed by atoms with Crippen LogP contribution in [0.2, 0.25) is 0 Å². The molecule has 5 heteroatoms. The van der Waals surface area contributed by atoms with Gasteiger partial charge in [0.05, 0.1) is 6.26 Å². The van der Waals surface area contributed by atoms with E-state index >= 15 is 0 Å². The molecule has 152 valence electrons. The number of rotatable bonds is 7. The summed E-state index contributed by atoms with van der Waals surface area (Å²) < 4.78 is 5.43. The molecule has 3 rings (SSSR count). The molecule has 1 unspecified atom stereocenters. The van der Waals surface area contributed by atoms with Crippen LogP contribution in [0.5, 0.6) is 0 Å². The van der Waals surface area contributed by atoms with Gasteiger partial charge in [-0.05, 0) is 71.3 Å². The van der Waals surface area contributed by atoms with E-state index in [-0.39, 0.29) is 6.61 Å². The van der Waals surface area contributed by atoms with Crippen molar-refractivity contribution in [2.75, 3.05) is 45.9 Å². The molecule has 2 saturated heterocycles. The predicted molar refractivity (Wildman–Crippen MR) is 111 cm³/mol. The number of piperazine rings is 1. The first kappa shape index (κ1) is 20.6. The average molecular weight is 376 g/mol. The van der Waals surface area contributed by atoms with Crippen molar-refractivity contribution < 1.29 is 9.52 Å². The van der Waals surface area contributed by atoms with E-state index in [1.54, 1.807) is 6.26 Å². The summed E-state index contributed by atoms with van der Waals surface area (Å²) >= 11 is 0. The minimum Gasteiger partial charge on any atom is -0.465 e. The van der Waals surface area contributed by atoms with Crippen LogP contribution in [-0.4, -0.2) is 83.8 Å². The second-order valence-corrected chi connectivity index (χ2v) is 8.51. The smallest absolute Gasteiger partial charge is 0.126 e. The van der Waals surface area contributed by atoms with Gasteiger partial charge in [-0.25, -0.2) is 0 Å². The summed E-state index contributed by atoms with van der Waals surface area (Å²) in [5.74, 6) is 0.926. The van der Waals surface area contributed by atoms with E-state index in [4.69, 9.17) is 4.42 Å². The van der Waals surface area contributed by atoms with E-state index in [0.29, 0.717) is 18.1 Å². The Kier molecular flexibility index (Phi) is 7.53. The summed E-state index contributed by atoms with van der Waals surface area (Å²) in [5.41, 5.74) is 1.33. The maximum atomic E-state index is 9.61. The van der Waals surface area contributed by atoms with Gasteiger partial charge in [-0.15, -0.1) is 0 Å². The highest BCUT2D eigenvalue weighted by Gasteiger charge is 2.33. The van der Waals surface area contributed by atoms with Crippen LogP contribution in [0.1, 0.15) is 45.8 Å². The number of aliphatic hydroxyl groups is 1. The van der Waals surface area contributed by atoms with Gasteiger partial charge in [0.1, 0.15) is 5.76 Å². The summed E-state index contributed by atoms with van der Waals surface area (Å²) in [6.07, 6.45) is 7.26. The molecule has 0 radical (unpaired) electrons. The van der Waals surface area contributed by atoms with Crippen molar-refractivity contribution >= 4 is 6.08 Å². The molecule has 0 spiro atoms. The molecule has 0 aromatic carbocycles. The van der Waals surface area contributed by atoms with Gasteiger partial charge >= 0.3 is 0 Å². The molecule has 2 aliphatic heterocycles. The first-order valence-electron chi connectivity index (χ1n) is 10.6. The SMILES string of the molecule is C/C(=C\c1ccco1)CN1CCN(C2CCN(C(C)C)CC2)C(CCO)C1. The van der Waals surface area contributed by atoms with Gasteiger partial charge in [-0.3, -0.25) is 9.80 Å². The number of likely N-dealkylation sites (tertiary alicyclic amines) is 1. The van der Waals surface area contributed by atoms with E-state index in [1.165, 1.54) is 31.5 Å². The van der Waals surface area contributed by atoms with Gasteiger partial charge in [-0.2, -0.15) is 0 Å². The second kappa shape index (κ2) is 9.87. The molecule has 1 aromatic rings. The van der Waals surface area contributed by atoms with E-state index in [2.05, 4.69) is 41.5 Å². The largest absolute Gasteiger partial charge is 0.465 e. The third kappa shape index (κ3) is 5.67. The van der Waals surface area contributed by atoms with E-state index in [0.717, 1.165) is 38.4 Å². The average Bonchev–Trinajstić information content (AvgIpc) is 3.15. The number of aliphatic hydroxyl groups excluding tert-OH is 1. The van der Waals surface area contributed by atoms with Crippen molar-refractivity contribution in [2.45, 2.75) is 58.2 Å². The van der Waals surface area contributed by atoms with Crippen LogP contribution in [0.15, 0.2) is 28.4 Å². The zero-order chi connectivity index (χ0) is 19.2. The topological polar surface area (TPSA) is 43.1 Å². The van der Waals surface area contributed by atoms with Crippen molar-refractivity contribution in [3.05, 3.63) is 29.7 Å². The molecule has 27 heavy (non-hydrogen) atoms. The first-order valence-corrected chi connectivity index (χ1v) is 10.6. The normalized spacial score (nSPS) is 24.8. The summed E-state index contributed by atoms with van der Waals surface area (Å²) in [7, 11) is 0. The van der Waals surface area contributed by atoms with Crippen molar-refractivity contribution in [1.82, 2.24) is 14.7 Å². The molecule has 0 bridgehead atoms. The molecule has 0 aliphatic carbocycles. The summed E-state index contributed by atoms with van der Waals surface area (Å²) in [4.78, 5) is 7.83. The lowest BCUT2D eigenvalue weighted by Gasteiger charge is -2.48. The quantitative estimate of drug-likeness (QED) is 0.794. The number of piperidine rings is 1. The van der Waals surface area contributed by atoms with Crippen LogP contribution in [0.4, 0.5) is 0 Å². The van der Waals surface area contributed by atoms with Gasteiger partial charge < -0.3 is 14.4 Å². The van der Waals surface area contributed by atoms with Gasteiger partial charge in [0.25, 0.3) is 0 Å². The van der Waals surface area contributed by atoms with E-state index in [1.807, 2.05) is 12.1 Å². The highest BCUT2D eigenvalue weighted by atomic mass is 16.3. The third-order valence-electron chi connectivity index (χ3n) is 6.18. The summed E-state index contributed by atoms with van der Waals surface area (Å²) in [6, 6.07) is 5.73. The van der Waals surface area contributed by atoms with Crippen molar-refractivity contribution in [3.8, 4) is 0 Å². The van der Waals surface area contributed by atoms with Crippen LogP contribution < -0.4 is 0 Å². The molecule has 2 aliphatic rings. The maximum absolute atomic E-state index is 9.61. The fourth-order valence-electron chi connectivity index (χ4n) is 4.71. The Labute approximate surface area is 164 Å². The van der Waals surface area contributed by atoms with Crippen LogP contribution in [0, 0.1) is 0 Å². The van der Waals surface area contributed by atoms with Gasteiger partial charge in [0.15, 0.2) is 0 Å². The fraction of sp³-hybridized carbons (Fsp3) is 0.727. The Morgan fingerprint density at radius 2 is 2.04 bits per heavy atom. The standard InChI is InChI=1S/C22H37N3O2/c1-18(2)24-9-6-20(7-10-24)25-12-11-23(17-21(25)8-13-26)16-19(3)15-22-5-4-14-27-22/h4-5,14-15,18,20-21,26H,6-13,16-17H2,1-3H3/b19-15+. The molecule has 1 N–H and O–H groups in total. The predicted octanol–water partition coefficient (Wildman–Crippen LogP) is 2.92. The van der Waals surface area contributed by atoms with Crippen LogP contribution >= 0.6 is 0 Å². The number of hydrogen-bond acceptors (Lipinski definition) is 5. The summed E-state index contributed by atoms with van der Waals surface area (Å²) in [6.45, 7) is 13.7.